The Labute approximate surface area is 124 Å². The maximum Gasteiger partial charge on any atom is 0.191 e. The number of aliphatic imine (C=N–C) groups is 1. The first-order valence-corrected chi connectivity index (χ1v) is 8.22. The van der Waals surface area contributed by atoms with Gasteiger partial charge in [0, 0.05) is 19.6 Å². The minimum absolute atomic E-state index is 0.420. The highest BCUT2D eigenvalue weighted by atomic mass is 16.5. The van der Waals surface area contributed by atoms with E-state index in [1.54, 1.807) is 0 Å². The van der Waals surface area contributed by atoms with Crippen molar-refractivity contribution in [1.29, 1.82) is 0 Å². The lowest BCUT2D eigenvalue weighted by Gasteiger charge is -2.21. The first kappa shape index (κ1) is 17.3. The van der Waals surface area contributed by atoms with Crippen LogP contribution >= 0.6 is 0 Å². The van der Waals surface area contributed by atoms with E-state index in [4.69, 9.17) is 4.74 Å². The van der Waals surface area contributed by atoms with Crippen LogP contribution in [0.25, 0.3) is 0 Å². The highest BCUT2D eigenvalue weighted by Crippen LogP contribution is 2.19. The second-order valence-electron chi connectivity index (χ2n) is 6.16. The van der Waals surface area contributed by atoms with Gasteiger partial charge < -0.3 is 15.4 Å². The zero-order chi connectivity index (χ0) is 14.8. The van der Waals surface area contributed by atoms with E-state index < -0.39 is 0 Å². The van der Waals surface area contributed by atoms with E-state index in [0.717, 1.165) is 19.1 Å². The Bertz CT molecular complexity index is 271. The van der Waals surface area contributed by atoms with Gasteiger partial charge in [-0.1, -0.05) is 39.5 Å². The van der Waals surface area contributed by atoms with Gasteiger partial charge in [-0.15, -0.1) is 0 Å². The number of guanidine groups is 1. The predicted molar refractivity (Wildman–Crippen MR) is 86.2 cm³/mol. The predicted octanol–water partition coefficient (Wildman–Crippen LogP) is 2.94. The molecule has 2 N–H and O–H groups in total. The number of nitrogens with one attached hydrogen (secondary N) is 2. The van der Waals surface area contributed by atoms with Crippen molar-refractivity contribution < 1.29 is 4.74 Å². The molecule has 1 aliphatic carbocycles. The molecular weight excluding hydrogens is 250 g/mol. The lowest BCUT2D eigenvalue weighted by molar-refractivity contribution is 0.0468. The molecule has 1 rings (SSSR count). The van der Waals surface area contributed by atoms with Gasteiger partial charge in [-0.05, 0) is 25.7 Å². The zero-order valence-electron chi connectivity index (χ0n) is 13.7. The fourth-order valence-corrected chi connectivity index (χ4v) is 2.38. The summed E-state index contributed by atoms with van der Waals surface area (Å²) in [6.07, 6.45) is 8.35. The van der Waals surface area contributed by atoms with Crippen molar-refractivity contribution in [3.8, 4) is 0 Å². The van der Waals surface area contributed by atoms with Gasteiger partial charge >= 0.3 is 0 Å². The molecule has 1 unspecified atom stereocenters. The molecule has 0 amide bonds. The summed E-state index contributed by atoms with van der Waals surface area (Å²) in [5.74, 6) is 1.46. The molecule has 0 saturated heterocycles. The summed E-state index contributed by atoms with van der Waals surface area (Å²) in [7, 11) is 1.81. The summed E-state index contributed by atoms with van der Waals surface area (Å²) in [6.45, 7) is 8.18. The number of nitrogens with zero attached hydrogens (tertiary/aromatic N) is 1. The van der Waals surface area contributed by atoms with Gasteiger partial charge in [0.1, 0.15) is 0 Å². The second-order valence-corrected chi connectivity index (χ2v) is 6.16. The molecule has 1 saturated carbocycles. The van der Waals surface area contributed by atoms with Crippen LogP contribution in [0.2, 0.25) is 0 Å². The van der Waals surface area contributed by atoms with Crippen LogP contribution in [0.1, 0.15) is 59.3 Å². The topological polar surface area (TPSA) is 45.7 Å². The Hall–Kier alpha value is -0.770. The lowest BCUT2D eigenvalue weighted by Crippen LogP contribution is -2.45. The van der Waals surface area contributed by atoms with E-state index in [9.17, 15) is 0 Å². The van der Waals surface area contributed by atoms with Crippen LogP contribution in [0, 0.1) is 5.92 Å². The Morgan fingerprint density at radius 3 is 2.35 bits per heavy atom. The molecule has 0 aromatic carbocycles. The maximum absolute atomic E-state index is 5.96. The molecule has 1 fully saturated rings. The minimum Gasteiger partial charge on any atom is -0.376 e. The summed E-state index contributed by atoms with van der Waals surface area (Å²) >= 11 is 0. The van der Waals surface area contributed by atoms with E-state index in [1.807, 2.05) is 7.05 Å². The number of hydrogen-bond acceptors (Lipinski definition) is 2. The van der Waals surface area contributed by atoms with E-state index in [1.165, 1.54) is 38.5 Å². The molecule has 0 aliphatic heterocycles. The van der Waals surface area contributed by atoms with Gasteiger partial charge in [0.25, 0.3) is 0 Å². The normalized spacial score (nSPS) is 19.8. The molecule has 0 radical (unpaired) electrons. The molecule has 0 heterocycles. The molecule has 0 aromatic heterocycles. The molecule has 0 bridgehead atoms. The Balaban J connectivity index is 2.15. The van der Waals surface area contributed by atoms with Crippen molar-refractivity contribution in [2.45, 2.75) is 71.4 Å². The SMILES string of the molecule is CN=C(NCCOC1CCCCCC1)NC(C)C(C)C. The van der Waals surface area contributed by atoms with Crippen molar-refractivity contribution in [2.24, 2.45) is 10.9 Å². The van der Waals surface area contributed by atoms with E-state index in [-0.39, 0.29) is 0 Å². The van der Waals surface area contributed by atoms with Crippen LogP contribution in [0.3, 0.4) is 0 Å². The van der Waals surface area contributed by atoms with E-state index in [2.05, 4.69) is 36.4 Å². The highest BCUT2D eigenvalue weighted by molar-refractivity contribution is 5.79. The molecule has 0 spiro atoms. The number of ether oxygens (including phenoxy) is 1. The maximum atomic E-state index is 5.96. The standard InChI is InChI=1S/C16H33N3O/c1-13(2)14(3)19-16(17-4)18-11-12-20-15-9-7-5-6-8-10-15/h13-15H,5-12H2,1-4H3,(H2,17,18,19). The second kappa shape index (κ2) is 10.0. The average Bonchev–Trinajstić information content (AvgIpc) is 2.70. The highest BCUT2D eigenvalue weighted by Gasteiger charge is 2.12. The van der Waals surface area contributed by atoms with Crippen LogP contribution in [0.5, 0.6) is 0 Å². The largest absolute Gasteiger partial charge is 0.376 e. The van der Waals surface area contributed by atoms with Crippen LogP contribution in [-0.2, 0) is 4.74 Å². The molecule has 4 heteroatoms. The third kappa shape index (κ3) is 7.13. The Morgan fingerprint density at radius 1 is 1.15 bits per heavy atom. The van der Waals surface area contributed by atoms with Gasteiger partial charge in [-0.3, -0.25) is 4.99 Å². The summed E-state index contributed by atoms with van der Waals surface area (Å²) < 4.78 is 5.96. The van der Waals surface area contributed by atoms with Gasteiger partial charge in [0.05, 0.1) is 12.7 Å². The summed E-state index contributed by atoms with van der Waals surface area (Å²) in [4.78, 5) is 4.25. The average molecular weight is 283 g/mol. The third-order valence-corrected chi connectivity index (χ3v) is 4.14. The zero-order valence-corrected chi connectivity index (χ0v) is 13.7. The van der Waals surface area contributed by atoms with Crippen molar-refractivity contribution in [3.63, 3.8) is 0 Å². The molecule has 20 heavy (non-hydrogen) atoms. The van der Waals surface area contributed by atoms with Gasteiger partial charge in [-0.25, -0.2) is 0 Å². The van der Waals surface area contributed by atoms with Crippen molar-refractivity contribution in [3.05, 3.63) is 0 Å². The van der Waals surface area contributed by atoms with E-state index >= 15 is 0 Å². The van der Waals surface area contributed by atoms with Crippen molar-refractivity contribution in [1.82, 2.24) is 10.6 Å². The first-order chi connectivity index (χ1) is 9.63. The quantitative estimate of drug-likeness (QED) is 0.341. The smallest absolute Gasteiger partial charge is 0.191 e. The van der Waals surface area contributed by atoms with E-state index in [0.29, 0.717) is 18.1 Å². The fourth-order valence-electron chi connectivity index (χ4n) is 2.38. The third-order valence-electron chi connectivity index (χ3n) is 4.14. The van der Waals surface area contributed by atoms with Crippen molar-refractivity contribution in [2.75, 3.05) is 20.2 Å². The number of rotatable bonds is 6. The number of hydrogen-bond donors (Lipinski definition) is 2. The summed E-state index contributed by atoms with van der Waals surface area (Å²) in [5, 5.41) is 6.72. The molecule has 4 nitrogen and oxygen atoms in total. The summed E-state index contributed by atoms with van der Waals surface area (Å²) in [5.41, 5.74) is 0. The monoisotopic (exact) mass is 283 g/mol. The van der Waals surface area contributed by atoms with Crippen molar-refractivity contribution >= 4 is 5.96 Å². The van der Waals surface area contributed by atoms with Gasteiger partial charge in [-0.2, -0.15) is 0 Å². The Kier molecular flexibility index (Phi) is 8.67. The molecule has 1 atom stereocenters. The molecular formula is C16H33N3O. The van der Waals surface area contributed by atoms with Crippen LogP contribution in [-0.4, -0.2) is 38.3 Å². The molecule has 118 valence electrons. The minimum atomic E-state index is 0.420. The van der Waals surface area contributed by atoms with Crippen LogP contribution < -0.4 is 10.6 Å². The molecule has 1 aliphatic rings. The van der Waals surface area contributed by atoms with Gasteiger partial charge in [0.15, 0.2) is 5.96 Å². The van der Waals surface area contributed by atoms with Crippen LogP contribution in [0.4, 0.5) is 0 Å². The first-order valence-electron chi connectivity index (χ1n) is 8.22. The van der Waals surface area contributed by atoms with Gasteiger partial charge in [0.2, 0.25) is 0 Å². The fraction of sp³-hybridized carbons (Fsp3) is 0.938. The summed E-state index contributed by atoms with van der Waals surface area (Å²) in [6, 6.07) is 0.420. The Morgan fingerprint density at radius 2 is 1.80 bits per heavy atom. The van der Waals surface area contributed by atoms with Crippen LogP contribution in [0.15, 0.2) is 4.99 Å². The lowest BCUT2D eigenvalue weighted by atomic mass is 10.1. The molecule has 0 aromatic rings.